The average Bonchev–Trinajstić information content (AvgIpc) is 2.63. The molecule has 4 nitrogen and oxygen atoms in total. The van der Waals surface area contributed by atoms with E-state index in [0.29, 0.717) is 0 Å². The third kappa shape index (κ3) is 4.69. The lowest BCUT2D eigenvalue weighted by Crippen LogP contribution is -2.31. The largest absolute Gasteiger partial charge is 0.497 e. The summed E-state index contributed by atoms with van der Waals surface area (Å²) in [7, 11) is 1.67. The molecule has 0 atom stereocenters. The van der Waals surface area contributed by atoms with Crippen LogP contribution in [0.5, 0.6) is 5.75 Å². The zero-order valence-electron chi connectivity index (χ0n) is 13.6. The molecule has 1 aliphatic rings. The van der Waals surface area contributed by atoms with Gasteiger partial charge in [0, 0.05) is 17.9 Å². The van der Waals surface area contributed by atoms with Crippen LogP contribution in [0.4, 0.5) is 0 Å². The highest BCUT2D eigenvalue weighted by molar-refractivity contribution is 7.99. The monoisotopic (exact) mass is 329 g/mol. The fourth-order valence-electron chi connectivity index (χ4n) is 2.80. The summed E-state index contributed by atoms with van der Waals surface area (Å²) in [4.78, 5) is 2.55. The second-order valence-electron chi connectivity index (χ2n) is 5.74. The van der Waals surface area contributed by atoms with Crippen molar-refractivity contribution < 1.29 is 4.74 Å². The Bertz CT molecular complexity index is 612. The predicted molar refractivity (Wildman–Crippen MR) is 95.0 cm³/mol. The van der Waals surface area contributed by atoms with Crippen molar-refractivity contribution in [3.63, 3.8) is 0 Å². The Morgan fingerprint density at radius 2 is 1.96 bits per heavy atom. The molecule has 0 spiro atoms. The van der Waals surface area contributed by atoms with Gasteiger partial charge < -0.3 is 9.64 Å². The number of rotatable bonds is 6. The molecule has 2 heterocycles. The lowest BCUT2D eigenvalue weighted by atomic mass is 10.1. The summed E-state index contributed by atoms with van der Waals surface area (Å²) >= 11 is 1.79. The van der Waals surface area contributed by atoms with Gasteiger partial charge in [0.25, 0.3) is 0 Å². The molecule has 1 fully saturated rings. The van der Waals surface area contributed by atoms with E-state index < -0.39 is 0 Å². The number of nitrogens with zero attached hydrogens (tertiary/aromatic N) is 3. The lowest BCUT2D eigenvalue weighted by Gasteiger charge is -2.25. The van der Waals surface area contributed by atoms with E-state index in [1.54, 1.807) is 18.9 Å². The minimum atomic E-state index is 0.837. The second kappa shape index (κ2) is 8.31. The van der Waals surface area contributed by atoms with Crippen LogP contribution in [-0.4, -0.2) is 47.6 Å². The number of likely N-dealkylation sites (tertiary alicyclic amines) is 1. The molecule has 0 saturated carbocycles. The number of piperidine rings is 1. The molecule has 0 amide bonds. The summed E-state index contributed by atoms with van der Waals surface area (Å²) in [6.45, 7) is 3.64. The first-order chi connectivity index (χ1) is 11.3. The number of ether oxygens (including phenoxy) is 1. The molecular weight excluding hydrogens is 306 g/mol. The maximum absolute atomic E-state index is 5.25. The van der Waals surface area contributed by atoms with Crippen LogP contribution in [-0.2, 0) is 0 Å². The highest BCUT2D eigenvalue weighted by Crippen LogP contribution is 2.23. The van der Waals surface area contributed by atoms with E-state index in [-0.39, 0.29) is 0 Å². The number of benzene rings is 1. The first kappa shape index (κ1) is 16.3. The molecule has 2 aromatic rings. The number of hydrogen-bond acceptors (Lipinski definition) is 5. The first-order valence-electron chi connectivity index (χ1n) is 8.18. The summed E-state index contributed by atoms with van der Waals surface area (Å²) in [6.07, 6.45) is 4.08. The topological polar surface area (TPSA) is 38.2 Å². The molecule has 1 aliphatic heterocycles. The van der Waals surface area contributed by atoms with E-state index in [9.17, 15) is 0 Å². The van der Waals surface area contributed by atoms with E-state index >= 15 is 0 Å². The van der Waals surface area contributed by atoms with Gasteiger partial charge in [-0.3, -0.25) is 0 Å². The molecule has 1 aromatic carbocycles. The molecule has 3 rings (SSSR count). The van der Waals surface area contributed by atoms with Gasteiger partial charge in [-0.05, 0) is 50.2 Å². The van der Waals surface area contributed by atoms with Gasteiger partial charge in [-0.25, -0.2) is 0 Å². The fraction of sp³-hybridized carbons (Fsp3) is 0.444. The zero-order valence-corrected chi connectivity index (χ0v) is 14.4. The first-order valence-corrected chi connectivity index (χ1v) is 9.17. The molecular formula is C18H23N3OS. The number of methoxy groups -OCH3 is 1. The zero-order chi connectivity index (χ0) is 15.9. The van der Waals surface area contributed by atoms with Crippen LogP contribution in [0.25, 0.3) is 11.3 Å². The fourth-order valence-corrected chi connectivity index (χ4v) is 3.62. The van der Waals surface area contributed by atoms with Crippen LogP contribution in [0, 0.1) is 0 Å². The maximum atomic E-state index is 5.25. The number of hydrogen-bond donors (Lipinski definition) is 0. The average molecular weight is 329 g/mol. The van der Waals surface area contributed by atoms with Crippen molar-refractivity contribution in [2.24, 2.45) is 0 Å². The summed E-state index contributed by atoms with van der Waals surface area (Å²) in [5.74, 6) is 1.91. The lowest BCUT2D eigenvalue weighted by molar-refractivity contribution is 0.242. The Labute approximate surface area is 142 Å². The summed E-state index contributed by atoms with van der Waals surface area (Å²) in [5, 5.41) is 9.69. The molecule has 0 radical (unpaired) electrons. The standard InChI is InChI=1S/C18H23N3OS/c1-22-16-7-5-6-15(14-16)17-8-9-18(20-19-17)23-13-12-21-10-3-2-4-11-21/h5-9,14H,2-4,10-13H2,1H3. The van der Waals surface area contributed by atoms with Gasteiger partial charge in [-0.2, -0.15) is 0 Å². The molecule has 1 aromatic heterocycles. The summed E-state index contributed by atoms with van der Waals surface area (Å²) < 4.78 is 5.25. The van der Waals surface area contributed by atoms with Crippen molar-refractivity contribution in [2.45, 2.75) is 24.3 Å². The molecule has 0 N–H and O–H groups in total. The minimum Gasteiger partial charge on any atom is -0.497 e. The van der Waals surface area contributed by atoms with Gasteiger partial charge >= 0.3 is 0 Å². The Balaban J connectivity index is 1.54. The normalized spacial score (nSPS) is 15.5. The van der Waals surface area contributed by atoms with Crippen molar-refractivity contribution in [3.8, 4) is 17.0 Å². The summed E-state index contributed by atoms with van der Waals surface area (Å²) in [6, 6.07) is 12.0. The van der Waals surface area contributed by atoms with Crippen LogP contribution in [0.1, 0.15) is 19.3 Å². The Morgan fingerprint density at radius 3 is 2.70 bits per heavy atom. The van der Waals surface area contributed by atoms with Crippen LogP contribution < -0.4 is 4.74 Å². The molecule has 0 bridgehead atoms. The van der Waals surface area contributed by atoms with Crippen molar-refractivity contribution in [1.82, 2.24) is 15.1 Å². The molecule has 0 aliphatic carbocycles. The maximum Gasteiger partial charge on any atom is 0.119 e. The number of aromatic nitrogens is 2. The SMILES string of the molecule is COc1cccc(-c2ccc(SCCN3CCCCC3)nn2)c1. The van der Waals surface area contributed by atoms with E-state index in [0.717, 1.165) is 34.3 Å². The highest BCUT2D eigenvalue weighted by atomic mass is 32.2. The van der Waals surface area contributed by atoms with Crippen molar-refractivity contribution in [3.05, 3.63) is 36.4 Å². The minimum absolute atomic E-state index is 0.837. The second-order valence-corrected chi connectivity index (χ2v) is 6.85. The van der Waals surface area contributed by atoms with E-state index in [2.05, 4.69) is 21.2 Å². The number of thioether (sulfide) groups is 1. The van der Waals surface area contributed by atoms with Gasteiger partial charge in [-0.15, -0.1) is 22.0 Å². The van der Waals surface area contributed by atoms with Crippen molar-refractivity contribution in [1.29, 1.82) is 0 Å². The van der Waals surface area contributed by atoms with Crippen molar-refractivity contribution >= 4 is 11.8 Å². The van der Waals surface area contributed by atoms with Crippen LogP contribution in [0.2, 0.25) is 0 Å². The van der Waals surface area contributed by atoms with Gasteiger partial charge in [0.2, 0.25) is 0 Å². The molecule has 5 heteroatoms. The third-order valence-corrected chi connectivity index (χ3v) is 5.01. The van der Waals surface area contributed by atoms with Crippen LogP contribution in [0.15, 0.2) is 41.4 Å². The predicted octanol–water partition coefficient (Wildman–Crippen LogP) is 3.73. The van der Waals surface area contributed by atoms with E-state index in [1.807, 2.05) is 30.3 Å². The highest BCUT2D eigenvalue weighted by Gasteiger charge is 2.10. The van der Waals surface area contributed by atoms with Gasteiger partial charge in [0.05, 0.1) is 12.8 Å². The third-order valence-electron chi connectivity index (χ3n) is 4.11. The van der Waals surface area contributed by atoms with Gasteiger partial charge in [0.15, 0.2) is 0 Å². The van der Waals surface area contributed by atoms with Crippen LogP contribution in [0.3, 0.4) is 0 Å². The smallest absolute Gasteiger partial charge is 0.119 e. The molecule has 122 valence electrons. The molecule has 0 unspecified atom stereocenters. The summed E-state index contributed by atoms with van der Waals surface area (Å²) in [5.41, 5.74) is 1.91. The molecule has 1 saturated heterocycles. The Morgan fingerprint density at radius 1 is 1.09 bits per heavy atom. The van der Waals surface area contributed by atoms with E-state index in [4.69, 9.17) is 4.74 Å². The molecule has 23 heavy (non-hydrogen) atoms. The van der Waals surface area contributed by atoms with Gasteiger partial charge in [0.1, 0.15) is 10.8 Å². The van der Waals surface area contributed by atoms with Gasteiger partial charge in [-0.1, -0.05) is 18.6 Å². The van der Waals surface area contributed by atoms with E-state index in [1.165, 1.54) is 32.4 Å². The Hall–Kier alpha value is -1.59. The van der Waals surface area contributed by atoms with Crippen LogP contribution >= 0.6 is 11.8 Å². The Kier molecular flexibility index (Phi) is 5.88. The van der Waals surface area contributed by atoms with Crippen molar-refractivity contribution in [2.75, 3.05) is 32.5 Å². The quantitative estimate of drug-likeness (QED) is 0.755.